The van der Waals surface area contributed by atoms with Crippen LogP contribution in [0, 0.1) is 15.7 Å². The Balaban J connectivity index is 3.20. The monoisotopic (exact) mass is 453 g/mol. The van der Waals surface area contributed by atoms with Crippen molar-refractivity contribution < 1.29 is 19.2 Å². The van der Waals surface area contributed by atoms with Gasteiger partial charge in [-0.1, -0.05) is 0 Å². The second kappa shape index (κ2) is 7.47. The molecule has 20 heavy (non-hydrogen) atoms. The average molecular weight is 453 g/mol. The quantitative estimate of drug-likeness (QED) is 0.441. The van der Waals surface area contributed by atoms with Gasteiger partial charge < -0.3 is 0 Å². The van der Waals surface area contributed by atoms with E-state index in [2.05, 4.69) is 81.5 Å². The zero-order chi connectivity index (χ0) is 15.3. The summed E-state index contributed by atoms with van der Waals surface area (Å²) in [4.78, 5) is 0. The van der Waals surface area contributed by atoms with Gasteiger partial charge >= 0.3 is 136 Å². The van der Waals surface area contributed by atoms with E-state index < -0.39 is 8.07 Å². The van der Waals surface area contributed by atoms with Crippen molar-refractivity contribution in [1.29, 1.82) is 0 Å². The summed E-state index contributed by atoms with van der Waals surface area (Å²) in [6, 6.07) is 8.47. The molecule has 0 heterocycles. The van der Waals surface area contributed by atoms with Crippen molar-refractivity contribution >= 4 is 8.07 Å². The third kappa shape index (κ3) is 3.76. The minimum atomic E-state index is -1.60. The zero-order valence-electron chi connectivity index (χ0n) is 13.4. The van der Waals surface area contributed by atoms with E-state index in [1.165, 1.54) is 24.7 Å². The van der Waals surface area contributed by atoms with Gasteiger partial charge in [-0.3, -0.25) is 0 Å². The van der Waals surface area contributed by atoms with Crippen LogP contribution in [0.4, 0.5) is 0 Å². The fourth-order valence-electron chi connectivity index (χ4n) is 3.24. The molecular formula is C18H25SiW+. The molecule has 1 rings (SSSR count). The van der Waals surface area contributed by atoms with Crippen LogP contribution >= 0.6 is 0 Å². The maximum atomic E-state index is 3.76. The van der Waals surface area contributed by atoms with Gasteiger partial charge in [0.2, 0.25) is 0 Å². The molecule has 0 atom stereocenters. The Kier molecular flexibility index (Phi) is 6.54. The molecule has 0 radical (unpaired) electrons. The van der Waals surface area contributed by atoms with Crippen LogP contribution in [-0.4, -0.2) is 8.07 Å². The molecule has 0 bridgehead atoms. The molecule has 0 saturated carbocycles. The van der Waals surface area contributed by atoms with Gasteiger partial charge in [-0.05, 0) is 0 Å². The Morgan fingerprint density at radius 3 is 1.55 bits per heavy atom. The van der Waals surface area contributed by atoms with Crippen LogP contribution in [0.25, 0.3) is 0 Å². The summed E-state index contributed by atoms with van der Waals surface area (Å²) in [5.41, 5.74) is 8.14. The van der Waals surface area contributed by atoms with Crippen LogP contribution in [0.3, 0.4) is 0 Å². The first-order valence-electron chi connectivity index (χ1n) is 7.36. The van der Waals surface area contributed by atoms with Crippen molar-refractivity contribution in [3.63, 3.8) is 0 Å². The second-order valence-corrected chi connectivity index (χ2v) is 12.6. The zero-order valence-corrected chi connectivity index (χ0v) is 17.4. The van der Waals surface area contributed by atoms with Crippen molar-refractivity contribution in [3.8, 4) is 15.7 Å². The number of rotatable bonds is 3. The summed E-state index contributed by atoms with van der Waals surface area (Å²) in [6.45, 7) is 14.1. The van der Waals surface area contributed by atoms with Crippen LogP contribution in [0.1, 0.15) is 52.7 Å². The van der Waals surface area contributed by atoms with Crippen molar-refractivity contribution in [1.82, 2.24) is 0 Å². The predicted molar refractivity (Wildman–Crippen MR) is 87.4 cm³/mol. The van der Waals surface area contributed by atoms with E-state index in [-0.39, 0.29) is 0 Å². The Labute approximate surface area is 136 Å². The molecule has 0 fully saturated rings. The molecule has 0 N–H and O–H groups in total. The van der Waals surface area contributed by atoms with E-state index >= 15 is 0 Å². The van der Waals surface area contributed by atoms with E-state index in [1.807, 2.05) is 0 Å². The standard InChI is InChI=1S/C18H25Si.W/c1-14(2)19(15(3)4,16(5)6)13-12-18-10-8-17(7)9-11-18;/h8-11,14-16H,1-6H3;/q;+1. The first-order valence-corrected chi connectivity index (χ1v) is 11.1. The Bertz CT molecular complexity index is 514. The summed E-state index contributed by atoms with van der Waals surface area (Å²) >= 11 is 1.37. The normalized spacial score (nSPS) is 11.4. The fourth-order valence-corrected chi connectivity index (χ4v) is 8.95. The van der Waals surface area contributed by atoms with Gasteiger partial charge in [-0.2, -0.15) is 0 Å². The SMILES string of the molecule is CC(C)[Si](C#Cc1ccc([C]#[W+])cc1)(C(C)C)C(C)C. The van der Waals surface area contributed by atoms with Crippen LogP contribution < -0.4 is 0 Å². The van der Waals surface area contributed by atoms with Gasteiger partial charge in [0.05, 0.1) is 0 Å². The Morgan fingerprint density at radius 2 is 1.20 bits per heavy atom. The Hall–Kier alpha value is -0.535. The molecule has 0 aliphatic rings. The van der Waals surface area contributed by atoms with Gasteiger partial charge in [-0.15, -0.1) is 0 Å². The first-order chi connectivity index (χ1) is 9.34. The van der Waals surface area contributed by atoms with Crippen LogP contribution in [0.15, 0.2) is 24.3 Å². The van der Waals surface area contributed by atoms with Crippen molar-refractivity contribution in [3.05, 3.63) is 35.4 Å². The molecule has 0 saturated heterocycles. The fraction of sp³-hybridized carbons (Fsp3) is 0.500. The average Bonchev–Trinajstić information content (AvgIpc) is 2.38. The molecular weight excluding hydrogens is 428 g/mol. The Morgan fingerprint density at radius 1 is 0.800 bits per heavy atom. The number of hydrogen-bond donors (Lipinski definition) is 0. The molecule has 1 aromatic rings. The molecule has 0 aliphatic carbocycles. The third-order valence-electron chi connectivity index (χ3n) is 4.29. The molecule has 2 heteroatoms. The van der Waals surface area contributed by atoms with Gasteiger partial charge in [0.25, 0.3) is 0 Å². The van der Waals surface area contributed by atoms with E-state index in [1.54, 1.807) is 0 Å². The first kappa shape index (κ1) is 17.5. The summed E-state index contributed by atoms with van der Waals surface area (Å²) in [7, 11) is -1.60. The predicted octanol–water partition coefficient (Wildman–Crippen LogP) is 5.11. The van der Waals surface area contributed by atoms with Gasteiger partial charge in [0.1, 0.15) is 0 Å². The summed E-state index contributed by atoms with van der Waals surface area (Å²) in [5.74, 6) is 3.47. The molecule has 0 unspecified atom stereocenters. The van der Waals surface area contributed by atoms with Gasteiger partial charge in [0, 0.05) is 0 Å². The van der Waals surface area contributed by atoms with Crippen molar-refractivity contribution in [2.24, 2.45) is 0 Å². The second-order valence-electron chi connectivity index (χ2n) is 6.33. The third-order valence-corrected chi connectivity index (χ3v) is 11.4. The molecule has 0 spiro atoms. The summed E-state index contributed by atoms with van der Waals surface area (Å²) < 4.78 is 3.23. The molecule has 0 aliphatic heterocycles. The van der Waals surface area contributed by atoms with Crippen LogP contribution in [0.5, 0.6) is 0 Å². The van der Waals surface area contributed by atoms with Crippen LogP contribution in [0.2, 0.25) is 16.6 Å². The van der Waals surface area contributed by atoms with Gasteiger partial charge in [0.15, 0.2) is 0 Å². The van der Waals surface area contributed by atoms with E-state index in [0.29, 0.717) is 16.6 Å². The molecule has 0 aromatic heterocycles. The molecule has 0 nitrogen and oxygen atoms in total. The topological polar surface area (TPSA) is 0 Å². The maximum absolute atomic E-state index is 3.76. The van der Waals surface area contributed by atoms with E-state index in [9.17, 15) is 0 Å². The molecule has 106 valence electrons. The molecule has 1 aromatic carbocycles. The van der Waals surface area contributed by atoms with Crippen LogP contribution in [-0.2, 0) is 19.2 Å². The van der Waals surface area contributed by atoms with Gasteiger partial charge in [-0.25, -0.2) is 0 Å². The van der Waals surface area contributed by atoms with E-state index in [0.717, 1.165) is 5.56 Å². The van der Waals surface area contributed by atoms with E-state index in [4.69, 9.17) is 0 Å². The van der Waals surface area contributed by atoms with Crippen molar-refractivity contribution in [2.75, 3.05) is 0 Å². The summed E-state index contributed by atoms with van der Waals surface area (Å²) in [5, 5.41) is 0. The molecule has 0 amide bonds. The minimum absolute atomic E-state index is 0.690. The summed E-state index contributed by atoms with van der Waals surface area (Å²) in [6.07, 6.45) is 0. The van der Waals surface area contributed by atoms with Crippen molar-refractivity contribution in [2.45, 2.75) is 58.2 Å². The number of hydrogen-bond acceptors (Lipinski definition) is 0. The number of benzene rings is 1.